The first-order valence-electron chi connectivity index (χ1n) is 8.89. The number of hydrogen-bond donors (Lipinski definition) is 1. The molecule has 0 radical (unpaired) electrons. The smallest absolute Gasteiger partial charge is 0.440 e. The van der Waals surface area contributed by atoms with Crippen LogP contribution in [0.25, 0.3) is 0 Å². The Morgan fingerprint density at radius 1 is 1.31 bits per heavy atom. The summed E-state index contributed by atoms with van der Waals surface area (Å²) in [6, 6.07) is 5.58. The normalized spacial score (nSPS) is 19.4. The summed E-state index contributed by atoms with van der Waals surface area (Å²) in [5.74, 6) is -0.571. The number of ether oxygens (including phenoxy) is 2. The van der Waals surface area contributed by atoms with E-state index in [1.165, 1.54) is 30.5 Å². The summed E-state index contributed by atoms with van der Waals surface area (Å²) in [5.41, 5.74) is 0.475. The third-order valence-corrected chi connectivity index (χ3v) is 4.48. The van der Waals surface area contributed by atoms with Crippen molar-refractivity contribution in [3.8, 4) is 11.8 Å². The molecule has 0 spiro atoms. The molecule has 1 aromatic carbocycles. The summed E-state index contributed by atoms with van der Waals surface area (Å²) in [7, 11) is 0. The number of nitro groups is 1. The van der Waals surface area contributed by atoms with Crippen LogP contribution < -0.4 is 14.8 Å². The molecular weight excluding hydrogens is 393 g/mol. The van der Waals surface area contributed by atoms with Crippen LogP contribution >= 0.6 is 0 Å². The number of nitrogens with one attached hydrogen (secondary N) is 1. The molecule has 0 aliphatic carbocycles. The van der Waals surface area contributed by atoms with E-state index in [9.17, 15) is 23.3 Å². The molecule has 29 heavy (non-hydrogen) atoms. The maximum absolute atomic E-state index is 12.3. The van der Waals surface area contributed by atoms with Gasteiger partial charge < -0.3 is 24.9 Å². The largest absolute Gasteiger partial charge is 0.573 e. The third-order valence-electron chi connectivity index (χ3n) is 4.48. The van der Waals surface area contributed by atoms with Gasteiger partial charge in [0.05, 0.1) is 6.04 Å². The molecule has 158 valence electrons. The Balaban J connectivity index is 1.71. The van der Waals surface area contributed by atoms with Gasteiger partial charge in [0.25, 0.3) is 0 Å². The fourth-order valence-corrected chi connectivity index (χ4v) is 3.21. The molecule has 1 aliphatic rings. The number of fused-ring (bicyclic) bond motifs is 1. The first-order chi connectivity index (χ1) is 13.4. The first kappa shape index (κ1) is 20.9. The number of rotatable bonds is 5. The molecule has 2 unspecified atom stereocenters. The minimum Gasteiger partial charge on any atom is -0.440 e. The maximum Gasteiger partial charge on any atom is 0.573 e. The van der Waals surface area contributed by atoms with Crippen molar-refractivity contribution in [3.63, 3.8) is 0 Å². The van der Waals surface area contributed by atoms with Crippen LogP contribution in [0.1, 0.15) is 26.3 Å². The molecule has 0 fully saturated rings. The van der Waals surface area contributed by atoms with E-state index in [4.69, 9.17) is 4.74 Å². The average Bonchev–Trinajstić information content (AvgIpc) is 3.01. The quantitative estimate of drug-likeness (QED) is 0.593. The number of halogens is 3. The summed E-state index contributed by atoms with van der Waals surface area (Å²) in [4.78, 5) is 14.3. The van der Waals surface area contributed by atoms with Crippen molar-refractivity contribution >= 4 is 5.82 Å². The first-order valence-corrected chi connectivity index (χ1v) is 8.89. The predicted octanol–water partition coefficient (Wildman–Crippen LogP) is 3.66. The lowest BCUT2D eigenvalue weighted by atomic mass is 9.83. The fraction of sp³-hybridized carbons (Fsp3) is 0.500. The second-order valence-corrected chi connectivity index (χ2v) is 7.87. The maximum atomic E-state index is 12.3. The zero-order valence-electron chi connectivity index (χ0n) is 16.1. The molecule has 1 N–H and O–H groups in total. The molecule has 0 saturated carbocycles. The van der Waals surface area contributed by atoms with E-state index in [2.05, 4.69) is 15.0 Å². The highest BCUT2D eigenvalue weighted by Gasteiger charge is 2.41. The number of nitrogens with zero attached hydrogens (tertiary/aromatic N) is 3. The Hall–Kier alpha value is -2.82. The standard InChI is InChI=1S/C18H21F3N4O4/c1-17(2,3)15-13(9-24-10-14(25(26)27)23-16(24)28-15)22-8-11-4-6-12(7-5-11)29-18(19,20)21/h4-7,10,13,15,22H,8-9H2,1-3H3. The molecule has 0 amide bonds. The van der Waals surface area contributed by atoms with Gasteiger partial charge in [0.15, 0.2) is 0 Å². The highest BCUT2D eigenvalue weighted by atomic mass is 19.4. The second kappa shape index (κ2) is 7.54. The van der Waals surface area contributed by atoms with E-state index in [1.807, 2.05) is 20.8 Å². The molecule has 11 heteroatoms. The molecule has 0 bridgehead atoms. The molecule has 8 nitrogen and oxygen atoms in total. The van der Waals surface area contributed by atoms with Gasteiger partial charge in [0, 0.05) is 23.5 Å². The minimum absolute atomic E-state index is 0.192. The number of hydrogen-bond acceptors (Lipinski definition) is 6. The molecular formula is C18H21F3N4O4. The average molecular weight is 414 g/mol. The topological polar surface area (TPSA) is 91.5 Å². The molecule has 2 atom stereocenters. The van der Waals surface area contributed by atoms with Gasteiger partial charge in [-0.25, -0.2) is 0 Å². The lowest BCUT2D eigenvalue weighted by Gasteiger charge is -2.39. The molecule has 1 aliphatic heterocycles. The van der Waals surface area contributed by atoms with E-state index in [-0.39, 0.29) is 35.1 Å². The lowest BCUT2D eigenvalue weighted by molar-refractivity contribution is -0.389. The predicted molar refractivity (Wildman–Crippen MR) is 96.5 cm³/mol. The van der Waals surface area contributed by atoms with Gasteiger partial charge in [-0.2, -0.15) is 0 Å². The molecule has 3 rings (SSSR count). The molecule has 2 aromatic rings. The van der Waals surface area contributed by atoms with Crippen LogP contribution in [0, 0.1) is 15.5 Å². The van der Waals surface area contributed by atoms with Crippen LogP contribution in [-0.4, -0.2) is 33.0 Å². The number of imidazole rings is 1. The molecule has 2 heterocycles. The van der Waals surface area contributed by atoms with Crippen LogP contribution in [-0.2, 0) is 13.1 Å². The van der Waals surface area contributed by atoms with Crippen molar-refractivity contribution in [2.45, 2.75) is 52.4 Å². The van der Waals surface area contributed by atoms with Crippen LogP contribution in [0.4, 0.5) is 19.0 Å². The Labute approximate surface area is 164 Å². The van der Waals surface area contributed by atoms with Gasteiger partial charge in [-0.15, -0.1) is 13.2 Å². The highest BCUT2D eigenvalue weighted by molar-refractivity contribution is 5.27. The Kier molecular flexibility index (Phi) is 5.44. The van der Waals surface area contributed by atoms with E-state index in [0.717, 1.165) is 5.56 Å². The van der Waals surface area contributed by atoms with Gasteiger partial charge >= 0.3 is 18.2 Å². The SMILES string of the molecule is CC(C)(C)C1Oc2nc([N+](=O)[O-])cn2CC1NCc1ccc(OC(F)(F)F)cc1. The molecule has 1 aromatic heterocycles. The second-order valence-electron chi connectivity index (χ2n) is 7.87. The van der Waals surface area contributed by atoms with E-state index < -0.39 is 11.3 Å². The molecule has 0 saturated heterocycles. The van der Waals surface area contributed by atoms with Gasteiger partial charge in [0.1, 0.15) is 18.1 Å². The van der Waals surface area contributed by atoms with Gasteiger partial charge in [-0.05, 0) is 22.6 Å². The summed E-state index contributed by atoms with van der Waals surface area (Å²) in [6.07, 6.45) is -3.72. The van der Waals surface area contributed by atoms with Gasteiger partial charge in [-0.3, -0.25) is 4.57 Å². The van der Waals surface area contributed by atoms with Crippen molar-refractivity contribution in [1.82, 2.24) is 14.9 Å². The van der Waals surface area contributed by atoms with Crippen molar-refractivity contribution in [1.29, 1.82) is 0 Å². The minimum atomic E-state index is -4.73. The van der Waals surface area contributed by atoms with Crippen molar-refractivity contribution < 1.29 is 27.6 Å². The Morgan fingerprint density at radius 3 is 2.52 bits per heavy atom. The van der Waals surface area contributed by atoms with Gasteiger partial charge in [0.2, 0.25) is 0 Å². The fourth-order valence-electron chi connectivity index (χ4n) is 3.21. The van der Waals surface area contributed by atoms with E-state index >= 15 is 0 Å². The summed E-state index contributed by atoms with van der Waals surface area (Å²) in [6.45, 7) is 6.75. The van der Waals surface area contributed by atoms with E-state index in [1.54, 1.807) is 4.57 Å². The summed E-state index contributed by atoms with van der Waals surface area (Å²) in [5, 5.41) is 14.3. The van der Waals surface area contributed by atoms with Crippen LogP contribution in [0.3, 0.4) is 0 Å². The lowest BCUT2D eigenvalue weighted by Crippen LogP contribution is -2.54. The zero-order valence-corrected chi connectivity index (χ0v) is 16.1. The Bertz CT molecular complexity index is 875. The monoisotopic (exact) mass is 414 g/mol. The number of benzene rings is 1. The van der Waals surface area contributed by atoms with Crippen LogP contribution in [0.5, 0.6) is 11.8 Å². The summed E-state index contributed by atoms with van der Waals surface area (Å²) < 4.78 is 48.2. The van der Waals surface area contributed by atoms with Crippen molar-refractivity contribution in [3.05, 3.63) is 46.1 Å². The van der Waals surface area contributed by atoms with Crippen LogP contribution in [0.15, 0.2) is 30.5 Å². The zero-order chi connectivity index (χ0) is 21.4. The van der Waals surface area contributed by atoms with Crippen molar-refractivity contribution in [2.24, 2.45) is 5.41 Å². The van der Waals surface area contributed by atoms with Gasteiger partial charge in [-0.1, -0.05) is 32.9 Å². The highest BCUT2D eigenvalue weighted by Crippen LogP contribution is 2.33. The number of alkyl halides is 3. The van der Waals surface area contributed by atoms with E-state index in [0.29, 0.717) is 13.1 Å². The summed E-state index contributed by atoms with van der Waals surface area (Å²) >= 11 is 0. The Morgan fingerprint density at radius 2 is 1.97 bits per heavy atom. The third kappa shape index (κ3) is 5.17. The number of aromatic nitrogens is 2. The van der Waals surface area contributed by atoms with Crippen LogP contribution in [0.2, 0.25) is 0 Å². The van der Waals surface area contributed by atoms with Crippen molar-refractivity contribution in [2.75, 3.05) is 0 Å².